The highest BCUT2D eigenvalue weighted by Gasteiger charge is 2.14. The third-order valence-corrected chi connectivity index (χ3v) is 5.76. The summed E-state index contributed by atoms with van der Waals surface area (Å²) in [4.78, 5) is 18.7. The summed E-state index contributed by atoms with van der Waals surface area (Å²) >= 11 is 1.56. The quantitative estimate of drug-likeness (QED) is 0.552. The Morgan fingerprint density at radius 1 is 1.11 bits per heavy atom. The fourth-order valence-corrected chi connectivity index (χ4v) is 3.99. The Balaban J connectivity index is 1.44. The smallest absolute Gasteiger partial charge is 0.251 e. The molecule has 0 unspecified atom stereocenters. The maximum atomic E-state index is 13.1. The third kappa shape index (κ3) is 3.66. The summed E-state index contributed by atoms with van der Waals surface area (Å²) in [5, 5.41) is 7.49. The largest absolute Gasteiger partial charge is 0.352 e. The van der Waals surface area contributed by atoms with E-state index < -0.39 is 0 Å². The monoisotopic (exact) mass is 394 g/mol. The fraction of sp³-hybridized carbons (Fsp3) is 0.190. The molecule has 0 saturated heterocycles. The molecule has 0 bridgehead atoms. The number of benzene rings is 2. The van der Waals surface area contributed by atoms with E-state index in [1.165, 1.54) is 12.1 Å². The molecule has 0 spiro atoms. The van der Waals surface area contributed by atoms with Crippen molar-refractivity contribution >= 4 is 22.2 Å². The van der Waals surface area contributed by atoms with Crippen LogP contribution in [0.5, 0.6) is 0 Å². The molecule has 4 rings (SSSR count). The second kappa shape index (κ2) is 7.52. The van der Waals surface area contributed by atoms with Crippen LogP contribution in [0.4, 0.5) is 4.39 Å². The Kier molecular flexibility index (Phi) is 4.92. The molecule has 1 amide bonds. The average molecular weight is 394 g/mol. The van der Waals surface area contributed by atoms with Crippen molar-refractivity contribution in [1.29, 1.82) is 0 Å². The van der Waals surface area contributed by atoms with Crippen molar-refractivity contribution in [2.45, 2.75) is 20.3 Å². The lowest BCUT2D eigenvalue weighted by Gasteiger charge is -2.05. The van der Waals surface area contributed by atoms with Gasteiger partial charge in [0, 0.05) is 29.0 Å². The molecule has 2 aromatic heterocycles. The maximum Gasteiger partial charge on any atom is 0.251 e. The number of thiazole rings is 1. The summed E-state index contributed by atoms with van der Waals surface area (Å²) in [6.07, 6.45) is 0.713. The van der Waals surface area contributed by atoms with Crippen LogP contribution in [-0.2, 0) is 6.42 Å². The predicted octanol–water partition coefficient (Wildman–Crippen LogP) is 4.19. The normalized spacial score (nSPS) is 11.1. The molecule has 28 heavy (non-hydrogen) atoms. The van der Waals surface area contributed by atoms with Crippen molar-refractivity contribution in [3.63, 3.8) is 0 Å². The average Bonchev–Trinajstić information content (AvgIpc) is 3.23. The van der Waals surface area contributed by atoms with Crippen molar-refractivity contribution in [3.8, 4) is 11.4 Å². The molecule has 0 atom stereocenters. The van der Waals surface area contributed by atoms with Gasteiger partial charge in [0.1, 0.15) is 5.82 Å². The molecule has 0 radical (unpaired) electrons. The van der Waals surface area contributed by atoms with Gasteiger partial charge in [0.05, 0.1) is 5.69 Å². The summed E-state index contributed by atoms with van der Waals surface area (Å²) in [5.74, 6) is 0.222. The number of nitrogens with zero attached hydrogens (tertiary/aromatic N) is 3. The van der Waals surface area contributed by atoms with E-state index in [9.17, 15) is 9.18 Å². The molecular weight excluding hydrogens is 375 g/mol. The van der Waals surface area contributed by atoms with Crippen LogP contribution in [0.1, 0.15) is 26.5 Å². The second-order valence-electron chi connectivity index (χ2n) is 6.62. The summed E-state index contributed by atoms with van der Waals surface area (Å²) < 4.78 is 14.9. The Bertz CT molecular complexity index is 1130. The van der Waals surface area contributed by atoms with Crippen molar-refractivity contribution in [2.75, 3.05) is 6.54 Å². The molecular formula is C21H19FN4OS. The first-order valence-corrected chi connectivity index (χ1v) is 9.79. The van der Waals surface area contributed by atoms with E-state index in [1.807, 2.05) is 38.1 Å². The van der Waals surface area contributed by atoms with E-state index in [0.717, 1.165) is 26.7 Å². The van der Waals surface area contributed by atoms with Gasteiger partial charge in [-0.15, -0.1) is 5.10 Å². The molecule has 0 fully saturated rings. The summed E-state index contributed by atoms with van der Waals surface area (Å²) in [6, 6.07) is 13.7. The van der Waals surface area contributed by atoms with E-state index in [4.69, 9.17) is 0 Å². The van der Waals surface area contributed by atoms with Gasteiger partial charge in [-0.3, -0.25) is 4.79 Å². The van der Waals surface area contributed by atoms with Gasteiger partial charge >= 0.3 is 0 Å². The molecule has 0 saturated carbocycles. The number of rotatable bonds is 5. The Hall–Kier alpha value is -3.06. The molecule has 2 aromatic carbocycles. The van der Waals surface area contributed by atoms with Crippen LogP contribution in [0.15, 0.2) is 48.5 Å². The molecule has 4 aromatic rings. The topological polar surface area (TPSA) is 59.3 Å². The number of halogens is 1. The van der Waals surface area contributed by atoms with Gasteiger partial charge in [0.25, 0.3) is 5.91 Å². The van der Waals surface area contributed by atoms with Crippen LogP contribution < -0.4 is 5.32 Å². The van der Waals surface area contributed by atoms with Crippen LogP contribution in [0.25, 0.3) is 16.3 Å². The lowest BCUT2D eigenvalue weighted by molar-refractivity contribution is 0.0954. The molecule has 7 heteroatoms. The molecule has 1 N–H and O–H groups in total. The van der Waals surface area contributed by atoms with Gasteiger partial charge in [-0.2, -0.15) is 4.98 Å². The number of carbonyl (C=O) groups is 1. The molecule has 142 valence electrons. The second-order valence-corrected chi connectivity index (χ2v) is 7.68. The minimum absolute atomic E-state index is 0.0734. The number of aromatic nitrogens is 3. The lowest BCUT2D eigenvalue weighted by Crippen LogP contribution is -2.25. The summed E-state index contributed by atoms with van der Waals surface area (Å²) in [6.45, 7) is 4.53. The number of fused-ring (bicyclic) bond motifs is 1. The van der Waals surface area contributed by atoms with Crippen LogP contribution in [0.3, 0.4) is 0 Å². The highest BCUT2D eigenvalue weighted by Crippen LogP contribution is 2.25. The maximum absolute atomic E-state index is 13.1. The van der Waals surface area contributed by atoms with Crippen molar-refractivity contribution < 1.29 is 9.18 Å². The molecule has 0 aliphatic carbocycles. The summed E-state index contributed by atoms with van der Waals surface area (Å²) in [7, 11) is 0. The number of aryl methyl sites for hydroxylation is 2. The van der Waals surface area contributed by atoms with Gasteiger partial charge in [0.2, 0.25) is 4.96 Å². The van der Waals surface area contributed by atoms with Crippen molar-refractivity contribution in [1.82, 2.24) is 19.9 Å². The van der Waals surface area contributed by atoms with Gasteiger partial charge in [0.15, 0.2) is 5.82 Å². The van der Waals surface area contributed by atoms with Crippen molar-refractivity contribution in [3.05, 3.63) is 76.0 Å². The molecule has 0 aliphatic rings. The SMILES string of the molecule is Cc1ccc(C(=O)NCCc2sc3nc(-c4ccc(F)cc4)nn3c2C)cc1. The van der Waals surface area contributed by atoms with Crippen LogP contribution in [0, 0.1) is 19.7 Å². The molecule has 2 heterocycles. The van der Waals surface area contributed by atoms with Crippen LogP contribution in [0.2, 0.25) is 0 Å². The van der Waals surface area contributed by atoms with E-state index >= 15 is 0 Å². The number of hydrogen-bond acceptors (Lipinski definition) is 4. The highest BCUT2D eigenvalue weighted by atomic mass is 32.1. The zero-order valence-corrected chi connectivity index (χ0v) is 16.4. The van der Waals surface area contributed by atoms with Crippen molar-refractivity contribution in [2.24, 2.45) is 0 Å². The standard InChI is InChI=1S/C21H19FN4OS/c1-13-3-5-16(6-4-13)20(27)23-12-11-18-14(2)26-21(28-18)24-19(25-26)15-7-9-17(22)10-8-15/h3-10H,11-12H2,1-2H3,(H,23,27). The van der Waals surface area contributed by atoms with E-state index in [0.29, 0.717) is 24.4 Å². The zero-order chi connectivity index (χ0) is 19.7. The first kappa shape index (κ1) is 18.3. The first-order valence-electron chi connectivity index (χ1n) is 8.97. The first-order chi connectivity index (χ1) is 13.5. The third-order valence-electron chi connectivity index (χ3n) is 4.57. The Morgan fingerprint density at radius 3 is 2.50 bits per heavy atom. The fourth-order valence-electron chi connectivity index (χ4n) is 2.93. The number of carbonyl (C=O) groups excluding carboxylic acids is 1. The summed E-state index contributed by atoms with van der Waals surface area (Å²) in [5.41, 5.74) is 3.57. The predicted molar refractivity (Wildman–Crippen MR) is 108 cm³/mol. The molecule has 5 nitrogen and oxygen atoms in total. The number of nitrogens with one attached hydrogen (secondary N) is 1. The van der Waals surface area contributed by atoms with Gasteiger partial charge in [-0.1, -0.05) is 29.0 Å². The van der Waals surface area contributed by atoms with Crippen LogP contribution >= 0.6 is 11.3 Å². The number of amides is 1. The Morgan fingerprint density at radius 2 is 1.82 bits per heavy atom. The lowest BCUT2D eigenvalue weighted by atomic mass is 10.1. The van der Waals surface area contributed by atoms with Gasteiger partial charge in [-0.25, -0.2) is 8.91 Å². The van der Waals surface area contributed by atoms with E-state index in [2.05, 4.69) is 15.4 Å². The minimum Gasteiger partial charge on any atom is -0.352 e. The van der Waals surface area contributed by atoms with Gasteiger partial charge in [-0.05, 0) is 50.2 Å². The highest BCUT2D eigenvalue weighted by molar-refractivity contribution is 7.17. The van der Waals surface area contributed by atoms with E-state index in [1.54, 1.807) is 28.0 Å². The van der Waals surface area contributed by atoms with E-state index in [-0.39, 0.29) is 11.7 Å². The van der Waals surface area contributed by atoms with Gasteiger partial charge < -0.3 is 5.32 Å². The van der Waals surface area contributed by atoms with Crippen LogP contribution in [-0.4, -0.2) is 27.0 Å². The molecule has 0 aliphatic heterocycles. The number of hydrogen-bond donors (Lipinski definition) is 1. The Labute approximate surface area is 165 Å². The minimum atomic E-state index is -0.282. The zero-order valence-electron chi connectivity index (χ0n) is 15.6.